The van der Waals surface area contributed by atoms with Gasteiger partial charge in [0.25, 0.3) is 0 Å². The fourth-order valence-electron chi connectivity index (χ4n) is 3.80. The number of thioether (sulfide) groups is 1. The number of methoxy groups -OCH3 is 1. The number of allylic oxidation sites excluding steroid dienone is 1. The smallest absolute Gasteiger partial charge is 0.338 e. The highest BCUT2D eigenvalue weighted by atomic mass is 32.2. The molecule has 1 amide bonds. The van der Waals surface area contributed by atoms with E-state index in [9.17, 15) is 9.59 Å². The standard InChI is InChI=1S/C24H25N3O4S/c1-4-19-21(23(29)30-3)22(16-9-7-15(2)8-10-16)27-17(14-32-24(27)26-19)12-20(28)25-13-18-6-5-11-31-18/h5-11,14,22H,4,12-13H2,1-3H3,(H,25,28). The van der Waals surface area contributed by atoms with Crippen molar-refractivity contribution in [2.45, 2.75) is 39.3 Å². The lowest BCUT2D eigenvalue weighted by atomic mass is 9.92. The lowest BCUT2D eigenvalue weighted by molar-refractivity contribution is -0.136. The van der Waals surface area contributed by atoms with Gasteiger partial charge in [0.15, 0.2) is 5.17 Å². The molecule has 1 atom stereocenters. The molecule has 1 aromatic carbocycles. The number of fused-ring (bicyclic) bond motifs is 1. The van der Waals surface area contributed by atoms with E-state index in [2.05, 4.69) is 5.32 Å². The number of rotatable bonds is 7. The van der Waals surface area contributed by atoms with Crippen molar-refractivity contribution in [3.8, 4) is 0 Å². The van der Waals surface area contributed by atoms with Crippen LogP contribution in [0.3, 0.4) is 0 Å². The predicted molar refractivity (Wildman–Crippen MR) is 123 cm³/mol. The minimum absolute atomic E-state index is 0.137. The molecule has 2 aliphatic rings. The largest absolute Gasteiger partial charge is 0.467 e. The summed E-state index contributed by atoms with van der Waals surface area (Å²) in [7, 11) is 1.38. The molecule has 2 aromatic rings. The Balaban J connectivity index is 1.65. The van der Waals surface area contributed by atoms with Crippen molar-refractivity contribution in [2.24, 2.45) is 4.99 Å². The average molecular weight is 452 g/mol. The monoisotopic (exact) mass is 451 g/mol. The Kier molecular flexibility index (Phi) is 6.50. The normalized spacial score (nSPS) is 17.6. The summed E-state index contributed by atoms with van der Waals surface area (Å²) in [6.07, 6.45) is 2.33. The third-order valence-corrected chi connectivity index (χ3v) is 6.29. The van der Waals surface area contributed by atoms with Gasteiger partial charge in [0.2, 0.25) is 5.91 Å². The molecule has 0 spiro atoms. The first-order valence-corrected chi connectivity index (χ1v) is 11.3. The lowest BCUT2D eigenvalue weighted by Gasteiger charge is -2.36. The first-order chi connectivity index (χ1) is 15.5. The number of nitrogens with zero attached hydrogens (tertiary/aromatic N) is 2. The number of nitrogens with one attached hydrogen (secondary N) is 1. The van der Waals surface area contributed by atoms with Crippen molar-refractivity contribution >= 4 is 28.8 Å². The molecule has 1 unspecified atom stereocenters. The van der Waals surface area contributed by atoms with E-state index in [0.717, 1.165) is 22.0 Å². The Labute approximate surface area is 191 Å². The molecule has 0 saturated carbocycles. The molecule has 166 valence electrons. The molecule has 0 radical (unpaired) electrons. The number of aryl methyl sites for hydroxylation is 1. The highest BCUT2D eigenvalue weighted by molar-refractivity contribution is 8.16. The summed E-state index contributed by atoms with van der Waals surface area (Å²) in [6, 6.07) is 11.2. The Morgan fingerprint density at radius 1 is 1.25 bits per heavy atom. The van der Waals surface area contributed by atoms with Crippen LogP contribution in [-0.2, 0) is 20.9 Å². The van der Waals surface area contributed by atoms with Crippen LogP contribution < -0.4 is 5.32 Å². The van der Waals surface area contributed by atoms with Crippen LogP contribution in [0, 0.1) is 6.92 Å². The SMILES string of the molecule is CCC1=C(C(=O)OC)C(c2ccc(C)cc2)N2C(CC(=O)NCc3ccco3)=CSC2=N1. The molecule has 1 N–H and O–H groups in total. The van der Waals surface area contributed by atoms with Crippen LogP contribution in [0.4, 0.5) is 0 Å². The molecule has 8 heteroatoms. The number of furan rings is 1. The van der Waals surface area contributed by atoms with Gasteiger partial charge in [-0.05, 0) is 36.4 Å². The lowest BCUT2D eigenvalue weighted by Crippen LogP contribution is -2.38. The van der Waals surface area contributed by atoms with Gasteiger partial charge in [0.1, 0.15) is 5.76 Å². The van der Waals surface area contributed by atoms with E-state index in [1.807, 2.05) is 54.5 Å². The maximum absolute atomic E-state index is 12.8. The van der Waals surface area contributed by atoms with E-state index in [1.54, 1.807) is 12.3 Å². The number of amides is 1. The fourth-order valence-corrected chi connectivity index (χ4v) is 4.74. The van der Waals surface area contributed by atoms with Crippen molar-refractivity contribution in [3.05, 3.63) is 81.9 Å². The topological polar surface area (TPSA) is 84.1 Å². The van der Waals surface area contributed by atoms with Gasteiger partial charge in [-0.25, -0.2) is 9.79 Å². The first kappa shape index (κ1) is 22.0. The second-order valence-electron chi connectivity index (χ2n) is 7.54. The number of esters is 1. The summed E-state index contributed by atoms with van der Waals surface area (Å²) < 4.78 is 10.4. The van der Waals surface area contributed by atoms with Gasteiger partial charge in [-0.15, -0.1) is 0 Å². The maximum atomic E-state index is 12.8. The molecular weight excluding hydrogens is 426 g/mol. The molecule has 1 aromatic heterocycles. The zero-order valence-electron chi connectivity index (χ0n) is 18.3. The van der Waals surface area contributed by atoms with Gasteiger partial charge >= 0.3 is 5.97 Å². The summed E-state index contributed by atoms with van der Waals surface area (Å²) in [5.74, 6) is 0.144. The van der Waals surface area contributed by atoms with E-state index in [1.165, 1.54) is 18.9 Å². The number of aliphatic imine (C=N–C) groups is 1. The number of amidine groups is 1. The van der Waals surface area contributed by atoms with Gasteiger partial charge in [0.05, 0.1) is 43.7 Å². The maximum Gasteiger partial charge on any atom is 0.338 e. The number of carbonyl (C=O) groups excluding carboxylic acids is 2. The molecule has 4 rings (SSSR count). The highest BCUT2D eigenvalue weighted by Gasteiger charge is 2.41. The van der Waals surface area contributed by atoms with Gasteiger partial charge < -0.3 is 19.4 Å². The minimum Gasteiger partial charge on any atom is -0.467 e. The number of benzene rings is 1. The molecule has 0 fully saturated rings. The molecule has 0 bridgehead atoms. The number of carbonyl (C=O) groups is 2. The van der Waals surface area contributed by atoms with E-state index in [4.69, 9.17) is 14.1 Å². The van der Waals surface area contributed by atoms with Crippen LogP contribution in [-0.4, -0.2) is 29.1 Å². The van der Waals surface area contributed by atoms with Crippen LogP contribution in [0.5, 0.6) is 0 Å². The van der Waals surface area contributed by atoms with Crippen LogP contribution >= 0.6 is 11.8 Å². The van der Waals surface area contributed by atoms with E-state index in [0.29, 0.717) is 30.0 Å². The van der Waals surface area contributed by atoms with Gasteiger partial charge in [-0.3, -0.25) is 4.79 Å². The summed E-state index contributed by atoms with van der Waals surface area (Å²) in [4.78, 5) is 32.2. The van der Waals surface area contributed by atoms with Crippen LogP contribution in [0.15, 0.2) is 74.4 Å². The van der Waals surface area contributed by atoms with Crippen molar-refractivity contribution < 1.29 is 18.7 Å². The quantitative estimate of drug-likeness (QED) is 0.627. The Morgan fingerprint density at radius 3 is 2.69 bits per heavy atom. The van der Waals surface area contributed by atoms with Gasteiger partial charge in [-0.1, -0.05) is 48.5 Å². The average Bonchev–Trinajstić information content (AvgIpc) is 3.46. The Morgan fingerprint density at radius 2 is 2.03 bits per heavy atom. The van der Waals surface area contributed by atoms with E-state index >= 15 is 0 Å². The molecule has 0 aliphatic carbocycles. The fraction of sp³-hybridized carbons (Fsp3) is 0.292. The Bertz CT molecular complexity index is 1100. The number of hydrogen-bond acceptors (Lipinski definition) is 7. The van der Waals surface area contributed by atoms with Crippen molar-refractivity contribution in [3.63, 3.8) is 0 Å². The first-order valence-electron chi connectivity index (χ1n) is 10.4. The predicted octanol–water partition coefficient (Wildman–Crippen LogP) is 4.43. The van der Waals surface area contributed by atoms with Crippen LogP contribution in [0.25, 0.3) is 0 Å². The van der Waals surface area contributed by atoms with Crippen LogP contribution in [0.1, 0.15) is 42.7 Å². The highest BCUT2D eigenvalue weighted by Crippen LogP contribution is 2.45. The van der Waals surface area contributed by atoms with Crippen molar-refractivity contribution in [1.82, 2.24) is 10.2 Å². The minimum atomic E-state index is -0.412. The summed E-state index contributed by atoms with van der Waals surface area (Å²) in [5, 5.41) is 5.57. The zero-order valence-corrected chi connectivity index (χ0v) is 19.1. The third-order valence-electron chi connectivity index (χ3n) is 5.40. The molecular formula is C24H25N3O4S. The van der Waals surface area contributed by atoms with Gasteiger partial charge in [0, 0.05) is 5.70 Å². The molecule has 32 heavy (non-hydrogen) atoms. The van der Waals surface area contributed by atoms with Gasteiger partial charge in [-0.2, -0.15) is 0 Å². The second-order valence-corrected chi connectivity index (χ2v) is 8.38. The molecule has 0 saturated heterocycles. The van der Waals surface area contributed by atoms with Crippen molar-refractivity contribution in [2.75, 3.05) is 7.11 Å². The Hall–Kier alpha value is -3.26. The van der Waals surface area contributed by atoms with Crippen LogP contribution in [0.2, 0.25) is 0 Å². The van der Waals surface area contributed by atoms with Crippen molar-refractivity contribution in [1.29, 1.82) is 0 Å². The summed E-state index contributed by atoms with van der Waals surface area (Å²) >= 11 is 1.46. The summed E-state index contributed by atoms with van der Waals surface area (Å²) in [6.45, 7) is 4.31. The number of ether oxygens (including phenoxy) is 1. The molecule has 2 aliphatic heterocycles. The van der Waals surface area contributed by atoms with E-state index < -0.39 is 12.0 Å². The van der Waals surface area contributed by atoms with E-state index in [-0.39, 0.29) is 12.3 Å². The molecule has 3 heterocycles. The zero-order chi connectivity index (χ0) is 22.7. The summed E-state index contributed by atoms with van der Waals surface area (Å²) in [5.41, 5.74) is 4.07. The number of hydrogen-bond donors (Lipinski definition) is 1. The third kappa shape index (κ3) is 4.36. The second kappa shape index (κ2) is 9.48. The molecule has 7 nitrogen and oxygen atoms in total.